The molecule has 6 heteroatoms. The number of guanidine groups is 1. The second-order valence-electron chi connectivity index (χ2n) is 7.94. The number of aliphatic imine (C=N–C) groups is 1. The van der Waals surface area contributed by atoms with Crippen LogP contribution in [0.15, 0.2) is 59.6 Å². The van der Waals surface area contributed by atoms with Crippen LogP contribution in [0.3, 0.4) is 0 Å². The van der Waals surface area contributed by atoms with Crippen LogP contribution in [0.4, 0.5) is 4.39 Å². The summed E-state index contributed by atoms with van der Waals surface area (Å²) >= 11 is 0. The van der Waals surface area contributed by atoms with E-state index < -0.39 is 0 Å². The largest absolute Gasteiger partial charge is 0.396 e. The van der Waals surface area contributed by atoms with Gasteiger partial charge in [-0.25, -0.2) is 4.39 Å². The fourth-order valence-corrected chi connectivity index (χ4v) is 3.91. The molecule has 0 amide bonds. The van der Waals surface area contributed by atoms with Gasteiger partial charge in [-0.1, -0.05) is 48.5 Å². The summed E-state index contributed by atoms with van der Waals surface area (Å²) in [6, 6.07) is 17.1. The molecule has 1 unspecified atom stereocenters. The molecule has 162 valence electrons. The molecular weight excluding hydrogens is 379 g/mol. The third kappa shape index (κ3) is 6.54. The molecular formula is C24H33FN4O. The van der Waals surface area contributed by atoms with Crippen molar-refractivity contribution in [3.63, 3.8) is 0 Å². The predicted molar refractivity (Wildman–Crippen MR) is 120 cm³/mol. The Morgan fingerprint density at radius 1 is 1.10 bits per heavy atom. The average molecular weight is 413 g/mol. The summed E-state index contributed by atoms with van der Waals surface area (Å²) in [4.78, 5) is 6.64. The first-order valence-corrected chi connectivity index (χ1v) is 10.8. The summed E-state index contributed by atoms with van der Waals surface area (Å²) in [6.45, 7) is 4.22. The first kappa shape index (κ1) is 22.2. The van der Waals surface area contributed by atoms with Gasteiger partial charge in [-0.15, -0.1) is 0 Å². The molecule has 0 bridgehead atoms. The normalized spacial score (nSPS) is 17.0. The van der Waals surface area contributed by atoms with Gasteiger partial charge in [0, 0.05) is 38.2 Å². The van der Waals surface area contributed by atoms with E-state index in [-0.39, 0.29) is 18.3 Å². The van der Waals surface area contributed by atoms with E-state index in [1.807, 2.05) is 42.5 Å². The predicted octanol–water partition coefficient (Wildman–Crippen LogP) is 2.98. The minimum absolute atomic E-state index is 0.0337. The Morgan fingerprint density at radius 3 is 2.47 bits per heavy atom. The molecule has 0 radical (unpaired) electrons. The second kappa shape index (κ2) is 11.7. The minimum Gasteiger partial charge on any atom is -0.396 e. The summed E-state index contributed by atoms with van der Waals surface area (Å²) in [5.74, 6) is 1.25. The molecule has 3 rings (SSSR count). The molecule has 0 saturated carbocycles. The Kier molecular flexibility index (Phi) is 8.66. The van der Waals surface area contributed by atoms with Crippen LogP contribution < -0.4 is 10.6 Å². The highest BCUT2D eigenvalue weighted by Crippen LogP contribution is 2.19. The number of piperidine rings is 1. The van der Waals surface area contributed by atoms with Crippen LogP contribution in [-0.4, -0.2) is 55.8 Å². The Hall–Kier alpha value is -2.44. The molecule has 0 spiro atoms. The van der Waals surface area contributed by atoms with Crippen molar-refractivity contribution >= 4 is 5.96 Å². The van der Waals surface area contributed by atoms with E-state index in [2.05, 4.69) is 20.5 Å². The van der Waals surface area contributed by atoms with Crippen molar-refractivity contribution < 1.29 is 9.50 Å². The monoisotopic (exact) mass is 412 g/mol. The Labute approximate surface area is 179 Å². The van der Waals surface area contributed by atoms with Crippen molar-refractivity contribution in [1.29, 1.82) is 0 Å². The van der Waals surface area contributed by atoms with E-state index in [0.717, 1.165) is 49.6 Å². The molecule has 1 aliphatic rings. The highest BCUT2D eigenvalue weighted by Gasteiger charge is 2.20. The maximum atomic E-state index is 13.9. The van der Waals surface area contributed by atoms with E-state index in [4.69, 9.17) is 0 Å². The number of likely N-dealkylation sites (tertiary alicyclic amines) is 1. The number of nitrogens with one attached hydrogen (secondary N) is 2. The first-order valence-electron chi connectivity index (χ1n) is 10.8. The van der Waals surface area contributed by atoms with Crippen molar-refractivity contribution in [2.75, 3.05) is 39.8 Å². The van der Waals surface area contributed by atoms with E-state index >= 15 is 0 Å². The molecule has 1 saturated heterocycles. The molecule has 2 aromatic rings. The number of rotatable bonds is 8. The lowest BCUT2D eigenvalue weighted by Crippen LogP contribution is -2.44. The van der Waals surface area contributed by atoms with Gasteiger partial charge in [0.15, 0.2) is 5.96 Å². The van der Waals surface area contributed by atoms with Crippen molar-refractivity contribution in [3.8, 4) is 0 Å². The van der Waals surface area contributed by atoms with E-state index in [0.29, 0.717) is 19.0 Å². The third-order valence-electron chi connectivity index (χ3n) is 5.85. The number of hydrogen-bond acceptors (Lipinski definition) is 3. The molecule has 2 aromatic carbocycles. The van der Waals surface area contributed by atoms with Crippen molar-refractivity contribution in [2.24, 2.45) is 10.9 Å². The lowest BCUT2D eigenvalue weighted by Gasteiger charge is -2.32. The number of benzene rings is 2. The van der Waals surface area contributed by atoms with Crippen LogP contribution in [0.5, 0.6) is 0 Å². The molecule has 1 fully saturated rings. The van der Waals surface area contributed by atoms with E-state index in [1.54, 1.807) is 13.1 Å². The van der Waals surface area contributed by atoms with Gasteiger partial charge >= 0.3 is 0 Å². The van der Waals surface area contributed by atoms with E-state index in [9.17, 15) is 9.50 Å². The molecule has 5 nitrogen and oxygen atoms in total. The number of aliphatic hydroxyl groups excluding tert-OH is 1. The highest BCUT2D eigenvalue weighted by atomic mass is 19.1. The van der Waals surface area contributed by atoms with Gasteiger partial charge in [0.25, 0.3) is 0 Å². The fourth-order valence-electron chi connectivity index (χ4n) is 3.91. The van der Waals surface area contributed by atoms with Gasteiger partial charge in [0.1, 0.15) is 5.82 Å². The van der Waals surface area contributed by atoms with Crippen LogP contribution in [0.2, 0.25) is 0 Å². The molecule has 30 heavy (non-hydrogen) atoms. The summed E-state index contributed by atoms with van der Waals surface area (Å²) < 4.78 is 13.9. The molecule has 3 N–H and O–H groups in total. The standard InChI is InChI=1S/C24H33FN4O/c1-26-24(28-16-22(18-30)20-7-3-2-4-8-20)27-15-19-11-13-29(14-12-19)17-21-9-5-6-10-23(21)25/h2-10,19,22,30H,11-18H2,1H3,(H2,26,27,28). The number of nitrogens with zero attached hydrogens (tertiary/aromatic N) is 2. The molecule has 1 heterocycles. The average Bonchev–Trinajstić information content (AvgIpc) is 2.79. The quantitative estimate of drug-likeness (QED) is 0.461. The lowest BCUT2D eigenvalue weighted by atomic mass is 9.96. The van der Waals surface area contributed by atoms with Crippen molar-refractivity contribution in [3.05, 3.63) is 71.5 Å². The zero-order valence-corrected chi connectivity index (χ0v) is 17.7. The number of hydrogen-bond donors (Lipinski definition) is 3. The summed E-state index contributed by atoms with van der Waals surface area (Å²) in [6.07, 6.45) is 2.17. The van der Waals surface area contributed by atoms with Gasteiger partial charge in [0.2, 0.25) is 0 Å². The highest BCUT2D eigenvalue weighted by molar-refractivity contribution is 5.79. The van der Waals surface area contributed by atoms with Gasteiger partial charge in [-0.3, -0.25) is 9.89 Å². The Morgan fingerprint density at radius 2 is 1.80 bits per heavy atom. The van der Waals surface area contributed by atoms with Crippen molar-refractivity contribution in [2.45, 2.75) is 25.3 Å². The summed E-state index contributed by atoms with van der Waals surface area (Å²) in [5.41, 5.74) is 1.89. The summed E-state index contributed by atoms with van der Waals surface area (Å²) in [5, 5.41) is 16.5. The minimum atomic E-state index is -0.118. The zero-order valence-electron chi connectivity index (χ0n) is 17.7. The Bertz CT molecular complexity index is 791. The van der Waals surface area contributed by atoms with Gasteiger partial charge < -0.3 is 15.7 Å². The molecule has 1 atom stereocenters. The molecule has 1 aliphatic heterocycles. The summed E-state index contributed by atoms with van der Waals surface area (Å²) in [7, 11) is 1.77. The maximum Gasteiger partial charge on any atom is 0.191 e. The maximum absolute atomic E-state index is 13.9. The van der Waals surface area contributed by atoms with Gasteiger partial charge in [-0.05, 0) is 43.5 Å². The van der Waals surface area contributed by atoms with Crippen LogP contribution in [-0.2, 0) is 6.54 Å². The van der Waals surface area contributed by atoms with Gasteiger partial charge in [-0.2, -0.15) is 0 Å². The lowest BCUT2D eigenvalue weighted by molar-refractivity contribution is 0.176. The SMILES string of the molecule is CN=C(NCC1CCN(Cc2ccccc2F)CC1)NCC(CO)c1ccccc1. The second-order valence-corrected chi connectivity index (χ2v) is 7.94. The Balaban J connectivity index is 1.39. The molecule has 0 aromatic heterocycles. The van der Waals surface area contributed by atoms with Crippen molar-refractivity contribution in [1.82, 2.24) is 15.5 Å². The van der Waals surface area contributed by atoms with Gasteiger partial charge in [0.05, 0.1) is 6.61 Å². The first-order chi connectivity index (χ1) is 14.7. The van der Waals surface area contributed by atoms with Crippen LogP contribution in [0.1, 0.15) is 29.9 Å². The fraction of sp³-hybridized carbons (Fsp3) is 0.458. The van der Waals surface area contributed by atoms with Crippen LogP contribution in [0, 0.1) is 11.7 Å². The smallest absolute Gasteiger partial charge is 0.191 e. The number of aliphatic hydroxyl groups is 1. The zero-order chi connectivity index (χ0) is 21.2. The third-order valence-corrected chi connectivity index (χ3v) is 5.85. The van der Waals surface area contributed by atoms with Crippen LogP contribution >= 0.6 is 0 Å². The number of halogens is 1. The van der Waals surface area contributed by atoms with Crippen LogP contribution in [0.25, 0.3) is 0 Å². The van der Waals surface area contributed by atoms with E-state index in [1.165, 1.54) is 6.07 Å². The molecule has 0 aliphatic carbocycles. The topological polar surface area (TPSA) is 59.9 Å².